The molecule has 0 aliphatic carbocycles. The van der Waals surface area contributed by atoms with E-state index in [1.54, 1.807) is 26.2 Å². The van der Waals surface area contributed by atoms with Gasteiger partial charge in [0.2, 0.25) is 5.75 Å². The molecule has 2 rings (SSSR count). The van der Waals surface area contributed by atoms with Gasteiger partial charge in [-0.3, -0.25) is 14.4 Å². The van der Waals surface area contributed by atoms with E-state index in [0.29, 0.717) is 13.0 Å². The monoisotopic (exact) mass is 482 g/mol. The molecule has 0 aliphatic rings. The number of aryl methyl sites for hydroxylation is 1. The molecule has 0 saturated heterocycles. The van der Waals surface area contributed by atoms with Crippen molar-refractivity contribution in [1.29, 1.82) is 0 Å². The maximum atomic E-state index is 12.1. The molecule has 190 valence electrons. The summed E-state index contributed by atoms with van der Waals surface area (Å²) in [5.41, 5.74) is 6.02. The van der Waals surface area contributed by atoms with Crippen LogP contribution in [0, 0.1) is 12.7 Å². The Hall–Kier alpha value is -3.53. The van der Waals surface area contributed by atoms with Crippen molar-refractivity contribution in [3.63, 3.8) is 0 Å². The molecule has 1 amide bonds. The van der Waals surface area contributed by atoms with Crippen LogP contribution in [0.4, 0.5) is 4.39 Å². The number of rotatable bonds is 8. The second-order valence-electron chi connectivity index (χ2n) is 6.88. The molecule has 1 aromatic heterocycles. The molecule has 0 radical (unpaired) electrons. The number of aromatic nitrogens is 1. The molecule has 2 N–H and O–H groups in total. The van der Waals surface area contributed by atoms with Crippen LogP contribution in [0.1, 0.15) is 51.1 Å². The number of nitrogens with two attached hydrogens (primary N) is 1. The van der Waals surface area contributed by atoms with Crippen LogP contribution in [0.15, 0.2) is 36.5 Å². The van der Waals surface area contributed by atoms with Crippen molar-refractivity contribution >= 4 is 17.8 Å². The number of nitrogens with zero attached hydrogens (tertiary/aromatic N) is 1. The highest BCUT2D eigenvalue weighted by molar-refractivity contribution is 5.95. The first-order chi connectivity index (χ1) is 16.0. The summed E-state index contributed by atoms with van der Waals surface area (Å²) in [5, 5.41) is 0. The van der Waals surface area contributed by atoms with Gasteiger partial charge in [0.25, 0.3) is 5.91 Å². The third-order valence-corrected chi connectivity index (χ3v) is 3.93. The third kappa shape index (κ3) is 13.1. The van der Waals surface area contributed by atoms with Gasteiger partial charge >= 0.3 is 11.9 Å². The van der Waals surface area contributed by atoms with Crippen molar-refractivity contribution in [2.75, 3.05) is 20.8 Å². The van der Waals surface area contributed by atoms with Gasteiger partial charge in [-0.2, -0.15) is 0 Å². The van der Waals surface area contributed by atoms with Gasteiger partial charge in [0.1, 0.15) is 11.9 Å². The Balaban J connectivity index is 0. The number of esters is 2. The summed E-state index contributed by atoms with van der Waals surface area (Å²) in [6, 6.07) is 7.86. The van der Waals surface area contributed by atoms with Crippen LogP contribution in [0.5, 0.6) is 11.5 Å². The summed E-state index contributed by atoms with van der Waals surface area (Å²) in [6.07, 6.45) is 2.52. The fourth-order valence-corrected chi connectivity index (χ4v) is 2.19. The van der Waals surface area contributed by atoms with Gasteiger partial charge in [-0.1, -0.05) is 24.6 Å². The van der Waals surface area contributed by atoms with Crippen molar-refractivity contribution in [2.45, 2.75) is 46.6 Å². The van der Waals surface area contributed by atoms with Gasteiger partial charge in [0.15, 0.2) is 11.4 Å². The first kappa shape index (κ1) is 30.5. The van der Waals surface area contributed by atoms with E-state index in [2.05, 4.69) is 4.98 Å². The number of hydrogen-bond acceptors (Lipinski definition) is 8. The molecule has 0 fully saturated rings. The maximum absolute atomic E-state index is 12.1. The van der Waals surface area contributed by atoms with E-state index in [0.717, 1.165) is 12.0 Å². The molecule has 0 bridgehead atoms. The molecular weight excluding hydrogens is 447 g/mol. The number of halogens is 1. The zero-order chi connectivity index (χ0) is 26.1. The van der Waals surface area contributed by atoms with Crippen molar-refractivity contribution in [2.24, 2.45) is 5.73 Å². The highest BCUT2D eigenvalue weighted by Crippen LogP contribution is 2.29. The van der Waals surface area contributed by atoms with Crippen LogP contribution < -0.4 is 15.2 Å². The quantitative estimate of drug-likeness (QED) is 0.562. The van der Waals surface area contributed by atoms with Gasteiger partial charge in [-0.15, -0.1) is 0 Å². The first-order valence-electron chi connectivity index (χ1n) is 10.5. The van der Waals surface area contributed by atoms with Gasteiger partial charge in [0, 0.05) is 47.2 Å². The van der Waals surface area contributed by atoms with Crippen molar-refractivity contribution in [1.82, 2.24) is 4.98 Å². The summed E-state index contributed by atoms with van der Waals surface area (Å²) in [4.78, 5) is 36.2. The highest BCUT2D eigenvalue weighted by Gasteiger charge is 2.18. The number of carbonyl (C=O) groups excluding carboxylic acids is 3. The molecule has 34 heavy (non-hydrogen) atoms. The number of hydrogen-bond donors (Lipinski definition) is 1. The zero-order valence-corrected chi connectivity index (χ0v) is 20.4. The first-order valence-corrected chi connectivity index (χ1v) is 10.5. The normalized spacial score (nSPS) is 10.4. The zero-order valence-electron chi connectivity index (χ0n) is 20.4. The molecule has 0 saturated carbocycles. The number of ether oxygens (including phenoxy) is 4. The van der Waals surface area contributed by atoms with Gasteiger partial charge in [0.05, 0.1) is 7.11 Å². The lowest BCUT2D eigenvalue weighted by Crippen LogP contribution is -2.16. The van der Waals surface area contributed by atoms with Gasteiger partial charge in [-0.05, 0) is 26.0 Å². The van der Waals surface area contributed by atoms with Crippen LogP contribution >= 0.6 is 0 Å². The molecule has 9 nitrogen and oxygen atoms in total. The van der Waals surface area contributed by atoms with Crippen LogP contribution in [-0.2, 0) is 19.1 Å². The number of pyridine rings is 1. The fourth-order valence-electron chi connectivity index (χ4n) is 2.19. The van der Waals surface area contributed by atoms with Crippen LogP contribution in [-0.4, -0.2) is 49.8 Å². The molecule has 0 spiro atoms. The summed E-state index contributed by atoms with van der Waals surface area (Å²) in [7, 11) is 3.02. The molecule has 10 heteroatoms. The SMILES string of the molecule is CCC(=O)O[C@@H](C)CCOC.COc1ccnc(C(N)=O)c1OC(C)=O.Cc1ccc(F)cc1.[HH]. The minimum absolute atomic E-state index is 0. The smallest absolute Gasteiger partial charge is 0.308 e. The summed E-state index contributed by atoms with van der Waals surface area (Å²) in [5.74, 6) is -1.51. The number of benzene rings is 1. The average molecular weight is 483 g/mol. The molecule has 2 aromatic rings. The second-order valence-corrected chi connectivity index (χ2v) is 6.88. The largest absolute Gasteiger partial charge is 0.493 e. The van der Waals surface area contributed by atoms with Gasteiger partial charge in [-0.25, -0.2) is 9.37 Å². The summed E-state index contributed by atoms with van der Waals surface area (Å²) < 4.78 is 31.6. The van der Waals surface area contributed by atoms with Crippen LogP contribution in [0.3, 0.4) is 0 Å². The number of carbonyl (C=O) groups is 3. The van der Waals surface area contributed by atoms with E-state index in [1.165, 1.54) is 38.4 Å². The minimum Gasteiger partial charge on any atom is -0.493 e. The number of methoxy groups -OCH3 is 2. The van der Waals surface area contributed by atoms with Crippen molar-refractivity contribution in [3.8, 4) is 11.5 Å². The van der Waals surface area contributed by atoms with E-state index in [-0.39, 0.29) is 36.5 Å². The van der Waals surface area contributed by atoms with Crippen molar-refractivity contribution < 1.29 is 39.1 Å². The van der Waals surface area contributed by atoms with Crippen LogP contribution in [0.2, 0.25) is 0 Å². The topological polar surface area (TPSA) is 127 Å². The Bertz CT molecular complexity index is 890. The Morgan fingerprint density at radius 3 is 2.21 bits per heavy atom. The summed E-state index contributed by atoms with van der Waals surface area (Å²) >= 11 is 0. The Morgan fingerprint density at radius 1 is 1.15 bits per heavy atom. The minimum atomic E-state index is -0.787. The predicted molar refractivity (Wildman–Crippen MR) is 126 cm³/mol. The van der Waals surface area contributed by atoms with E-state index < -0.39 is 11.9 Å². The predicted octanol–water partition coefficient (Wildman–Crippen LogP) is 3.86. The van der Waals surface area contributed by atoms with Crippen LogP contribution in [0.25, 0.3) is 0 Å². The average Bonchev–Trinajstić information content (AvgIpc) is 2.80. The highest BCUT2D eigenvalue weighted by atomic mass is 19.1. The molecule has 0 aliphatic heterocycles. The van der Waals surface area contributed by atoms with E-state index >= 15 is 0 Å². The summed E-state index contributed by atoms with van der Waals surface area (Å²) in [6.45, 7) is 7.42. The second kappa shape index (κ2) is 17.0. The van der Waals surface area contributed by atoms with Gasteiger partial charge < -0.3 is 24.7 Å². The number of primary amides is 1. The third-order valence-electron chi connectivity index (χ3n) is 3.93. The molecular formula is C24H35FN2O7. The lowest BCUT2D eigenvalue weighted by molar-refractivity contribution is -0.148. The Labute approximate surface area is 200 Å². The van der Waals surface area contributed by atoms with E-state index in [9.17, 15) is 18.8 Å². The number of amides is 1. The molecule has 1 heterocycles. The molecule has 0 unspecified atom stereocenters. The fraction of sp³-hybridized carbons (Fsp3) is 0.417. The standard InChI is InChI=1S/C9H10N2O4.C8H16O3.C7H7F.H2/c1-5(12)15-8-6(14-2)3-4-11-7(8)9(10)13;1-4-8(9)11-7(2)5-6-10-3;1-6-2-4-7(8)5-3-6;/h3-4H,1-2H3,(H2,10,13);7H,4-6H2,1-3H3;2-5H,1H3;1H/t;7-;;/m.0../s1. The lowest BCUT2D eigenvalue weighted by Gasteiger charge is -2.11. The molecule has 1 aromatic carbocycles. The lowest BCUT2D eigenvalue weighted by atomic mass is 10.2. The maximum Gasteiger partial charge on any atom is 0.308 e. The molecule has 1 atom stereocenters. The van der Waals surface area contributed by atoms with E-state index in [1.807, 2.05) is 13.8 Å². The van der Waals surface area contributed by atoms with Crippen molar-refractivity contribution in [3.05, 3.63) is 53.6 Å². The van der Waals surface area contributed by atoms with E-state index in [4.69, 9.17) is 24.7 Å². The Morgan fingerprint density at radius 2 is 1.76 bits per heavy atom. The Kier molecular flexibility index (Phi) is 15.2.